The first-order chi connectivity index (χ1) is 12.8. The lowest BCUT2D eigenvalue weighted by Crippen LogP contribution is -2.24. The zero-order valence-corrected chi connectivity index (χ0v) is 16.4. The highest BCUT2D eigenvalue weighted by Crippen LogP contribution is 2.40. The number of urea groups is 1. The molecule has 0 saturated carbocycles. The largest absolute Gasteiger partial charge is 0.354 e. The molecule has 0 aliphatic heterocycles. The minimum absolute atomic E-state index is 0.356. The van der Waals surface area contributed by atoms with E-state index in [2.05, 4.69) is 15.7 Å². The van der Waals surface area contributed by atoms with E-state index in [1.807, 2.05) is 31.1 Å². The summed E-state index contributed by atoms with van der Waals surface area (Å²) >= 11 is 0. The van der Waals surface area contributed by atoms with Crippen LogP contribution in [0.5, 0.6) is 0 Å². The Balaban J connectivity index is 1.56. The first kappa shape index (κ1) is 18.2. The molecule has 1 atom stereocenters. The summed E-state index contributed by atoms with van der Waals surface area (Å²) in [5, 5.41) is 8.75. The molecular weight excluding hydrogens is 360 g/mol. The summed E-state index contributed by atoms with van der Waals surface area (Å²) in [5.41, 5.74) is 6.92. The number of carbonyl (C=O) groups excluding carboxylic acids is 1. The highest BCUT2D eigenvalue weighted by atomic mass is 32.2. The lowest BCUT2D eigenvalue weighted by atomic mass is 9.76. The standard InChI is InChI=1S/C20H24N4O2S/c1-24(2)12-13-3-7-16(8-4-13)27(21,26)23-20(25)22-19-17-9-5-14(17)11-15-6-10-18(15)19/h3-4,7-8,11H,5-6,9-10,12H2,1-2H3,(H3,21,22,23,25,26)/t27-/m0/s1. The van der Waals surface area contributed by atoms with Crippen LogP contribution < -0.4 is 10.5 Å². The molecule has 2 aliphatic rings. The second-order valence-corrected chi connectivity index (χ2v) is 9.29. The van der Waals surface area contributed by atoms with Gasteiger partial charge in [0.15, 0.2) is 0 Å². The van der Waals surface area contributed by atoms with Gasteiger partial charge in [0.05, 0.1) is 4.90 Å². The van der Waals surface area contributed by atoms with Gasteiger partial charge in [0, 0.05) is 12.2 Å². The SMILES string of the molecule is CN(C)Cc1ccc([S@@](N)(=O)=NC(=O)Nc2c3c(cc4c2CC4)CC3)cc1. The molecule has 2 aromatic carbocycles. The van der Waals surface area contributed by atoms with E-state index in [-0.39, 0.29) is 0 Å². The fourth-order valence-electron chi connectivity index (χ4n) is 3.68. The number of rotatable bonds is 4. The number of nitrogens with zero attached hydrogens (tertiary/aromatic N) is 2. The second kappa shape index (κ2) is 6.74. The fourth-order valence-corrected chi connectivity index (χ4v) is 4.61. The summed E-state index contributed by atoms with van der Waals surface area (Å²) in [6, 6.07) is 8.68. The highest BCUT2D eigenvalue weighted by Gasteiger charge is 2.28. The number of fused-ring (bicyclic) bond motifs is 2. The Morgan fingerprint density at radius 2 is 1.70 bits per heavy atom. The van der Waals surface area contributed by atoms with Crippen molar-refractivity contribution in [2.24, 2.45) is 9.50 Å². The summed E-state index contributed by atoms with van der Waals surface area (Å²) < 4.78 is 16.6. The maximum atomic E-state index is 12.8. The van der Waals surface area contributed by atoms with Crippen LogP contribution in [0.15, 0.2) is 39.6 Å². The molecule has 7 heteroatoms. The molecule has 2 aliphatic carbocycles. The molecule has 6 nitrogen and oxygen atoms in total. The molecule has 4 rings (SSSR count). The van der Waals surface area contributed by atoms with Gasteiger partial charge in [-0.05, 0) is 79.7 Å². The zero-order valence-electron chi connectivity index (χ0n) is 15.6. The molecule has 27 heavy (non-hydrogen) atoms. The first-order valence-corrected chi connectivity index (χ1v) is 10.7. The molecule has 0 aromatic heterocycles. The topological polar surface area (TPSA) is 87.8 Å². The number of carbonyl (C=O) groups is 1. The van der Waals surface area contributed by atoms with Crippen molar-refractivity contribution in [1.82, 2.24) is 4.90 Å². The molecule has 142 valence electrons. The maximum Gasteiger partial charge on any atom is 0.354 e. The van der Waals surface area contributed by atoms with E-state index >= 15 is 0 Å². The third kappa shape index (κ3) is 3.50. The van der Waals surface area contributed by atoms with Gasteiger partial charge in [-0.3, -0.25) is 0 Å². The van der Waals surface area contributed by atoms with Crippen LogP contribution >= 0.6 is 0 Å². The first-order valence-electron chi connectivity index (χ1n) is 9.09. The molecule has 0 spiro atoms. The van der Waals surface area contributed by atoms with Gasteiger partial charge in [0.1, 0.15) is 9.92 Å². The molecule has 2 aromatic rings. The Bertz CT molecular complexity index is 1000. The molecule has 0 bridgehead atoms. The second-order valence-electron chi connectivity index (χ2n) is 7.50. The van der Waals surface area contributed by atoms with Crippen LogP contribution in [0.4, 0.5) is 10.5 Å². The third-order valence-corrected chi connectivity index (χ3v) is 6.61. The smallest absolute Gasteiger partial charge is 0.305 e. The number of nitrogens with two attached hydrogens (primary N) is 1. The van der Waals surface area contributed by atoms with Crippen molar-refractivity contribution >= 4 is 21.6 Å². The maximum absolute atomic E-state index is 12.8. The summed E-state index contributed by atoms with van der Waals surface area (Å²) in [4.78, 5) is 14.8. The van der Waals surface area contributed by atoms with Gasteiger partial charge >= 0.3 is 6.03 Å². The van der Waals surface area contributed by atoms with Crippen molar-refractivity contribution in [3.05, 3.63) is 58.1 Å². The molecule has 0 saturated heterocycles. The van der Waals surface area contributed by atoms with Crippen LogP contribution in [0.2, 0.25) is 0 Å². The number of aryl methyl sites for hydroxylation is 2. The number of hydrogen-bond acceptors (Lipinski definition) is 3. The number of nitrogens with one attached hydrogen (secondary N) is 1. The number of amides is 2. The van der Waals surface area contributed by atoms with Gasteiger partial charge in [-0.25, -0.2) is 14.1 Å². The lowest BCUT2D eigenvalue weighted by Gasteiger charge is -2.31. The summed E-state index contributed by atoms with van der Waals surface area (Å²) in [6.07, 6.45) is 4.03. The quantitative estimate of drug-likeness (QED) is 0.850. The van der Waals surface area contributed by atoms with Gasteiger partial charge < -0.3 is 10.2 Å². The molecule has 0 fully saturated rings. The van der Waals surface area contributed by atoms with Crippen molar-refractivity contribution in [2.75, 3.05) is 19.4 Å². The van der Waals surface area contributed by atoms with Crippen molar-refractivity contribution in [2.45, 2.75) is 37.1 Å². The van der Waals surface area contributed by atoms with Crippen LogP contribution in [0, 0.1) is 0 Å². The van der Waals surface area contributed by atoms with Crippen molar-refractivity contribution < 1.29 is 9.00 Å². The molecular formula is C20H24N4O2S. The highest BCUT2D eigenvalue weighted by molar-refractivity contribution is 7.91. The van der Waals surface area contributed by atoms with E-state index in [0.717, 1.165) is 43.5 Å². The predicted molar refractivity (Wildman–Crippen MR) is 107 cm³/mol. The van der Waals surface area contributed by atoms with Crippen LogP contribution in [-0.2, 0) is 42.1 Å². The molecule has 2 amide bonds. The van der Waals surface area contributed by atoms with Crippen LogP contribution in [0.3, 0.4) is 0 Å². The van der Waals surface area contributed by atoms with E-state index in [1.54, 1.807) is 12.1 Å². The summed E-state index contributed by atoms with van der Waals surface area (Å²) in [7, 11) is 0.671. The minimum atomic E-state index is -3.29. The van der Waals surface area contributed by atoms with Crippen LogP contribution in [0.25, 0.3) is 0 Å². The molecule has 0 heterocycles. The summed E-state index contributed by atoms with van der Waals surface area (Å²) in [5.74, 6) is 0. The monoisotopic (exact) mass is 384 g/mol. The van der Waals surface area contributed by atoms with E-state index < -0.39 is 15.9 Å². The van der Waals surface area contributed by atoms with Crippen molar-refractivity contribution in [3.8, 4) is 0 Å². The Labute approximate surface area is 160 Å². The number of anilines is 1. The van der Waals surface area contributed by atoms with E-state index in [0.29, 0.717) is 4.90 Å². The van der Waals surface area contributed by atoms with E-state index in [1.165, 1.54) is 22.3 Å². The zero-order chi connectivity index (χ0) is 19.2. The number of hydrogen-bond donors (Lipinski definition) is 2. The van der Waals surface area contributed by atoms with Crippen molar-refractivity contribution in [1.29, 1.82) is 0 Å². The Morgan fingerprint density at radius 1 is 1.11 bits per heavy atom. The van der Waals surface area contributed by atoms with Gasteiger partial charge in [-0.1, -0.05) is 18.2 Å². The van der Waals surface area contributed by atoms with Crippen molar-refractivity contribution in [3.63, 3.8) is 0 Å². The van der Waals surface area contributed by atoms with Gasteiger partial charge in [-0.15, -0.1) is 4.36 Å². The average molecular weight is 385 g/mol. The van der Waals surface area contributed by atoms with Gasteiger partial charge in [0.2, 0.25) is 0 Å². The third-order valence-electron chi connectivity index (χ3n) is 5.23. The van der Waals surface area contributed by atoms with Crippen LogP contribution in [-0.4, -0.2) is 29.2 Å². The summed E-state index contributed by atoms with van der Waals surface area (Å²) in [6.45, 7) is 0.772. The van der Waals surface area contributed by atoms with Gasteiger partial charge in [-0.2, -0.15) is 0 Å². The lowest BCUT2D eigenvalue weighted by molar-refractivity contribution is 0.260. The van der Waals surface area contributed by atoms with Gasteiger partial charge in [0.25, 0.3) is 0 Å². The van der Waals surface area contributed by atoms with E-state index in [9.17, 15) is 9.00 Å². The fraction of sp³-hybridized carbons (Fsp3) is 0.350. The normalized spacial score (nSPS) is 16.4. The molecule has 0 unspecified atom stereocenters. The van der Waals surface area contributed by atoms with E-state index in [4.69, 9.17) is 5.14 Å². The number of benzene rings is 2. The Morgan fingerprint density at radius 3 is 2.19 bits per heavy atom. The Kier molecular flexibility index (Phi) is 4.53. The predicted octanol–water partition coefficient (Wildman–Crippen LogP) is 2.88. The molecule has 0 radical (unpaired) electrons. The molecule has 3 N–H and O–H groups in total. The minimum Gasteiger partial charge on any atom is -0.305 e. The Hall–Kier alpha value is -2.22. The average Bonchev–Trinajstić information content (AvgIpc) is 2.51. The van der Waals surface area contributed by atoms with Crippen LogP contribution in [0.1, 0.15) is 27.8 Å².